The summed E-state index contributed by atoms with van der Waals surface area (Å²) in [6.07, 6.45) is 4.06. The quantitative estimate of drug-likeness (QED) is 0.660. The molecule has 1 aromatic heterocycles. The van der Waals surface area contributed by atoms with Gasteiger partial charge in [0.25, 0.3) is 0 Å². The van der Waals surface area contributed by atoms with Crippen molar-refractivity contribution in [2.75, 3.05) is 33.5 Å². The van der Waals surface area contributed by atoms with Gasteiger partial charge in [-0.3, -0.25) is 4.79 Å². The van der Waals surface area contributed by atoms with Gasteiger partial charge in [0.15, 0.2) is 0 Å². The number of methoxy groups -OCH3 is 1. The Hall–Kier alpha value is -1.89. The van der Waals surface area contributed by atoms with E-state index < -0.39 is 0 Å². The van der Waals surface area contributed by atoms with Crippen LogP contribution in [-0.4, -0.2) is 49.3 Å². The van der Waals surface area contributed by atoms with Gasteiger partial charge in [-0.25, -0.2) is 4.98 Å². The van der Waals surface area contributed by atoms with Crippen LogP contribution in [0.5, 0.6) is 0 Å². The molecule has 1 saturated heterocycles. The third-order valence-electron chi connectivity index (χ3n) is 4.41. The highest BCUT2D eigenvalue weighted by atomic mass is 35.5. The molecule has 140 valence electrons. The summed E-state index contributed by atoms with van der Waals surface area (Å²) in [7, 11) is 1.60. The molecule has 0 saturated carbocycles. The summed E-state index contributed by atoms with van der Waals surface area (Å²) in [6.45, 7) is 1.62. The Bertz CT molecular complexity index is 734. The number of halogens is 1. The first kappa shape index (κ1) is 18.9. The van der Waals surface area contributed by atoms with Gasteiger partial charge in [0, 0.05) is 25.1 Å². The molecule has 0 spiro atoms. The largest absolute Gasteiger partial charge is 0.443 e. The van der Waals surface area contributed by atoms with E-state index in [1.54, 1.807) is 18.2 Å². The van der Waals surface area contributed by atoms with Crippen molar-refractivity contribution in [3.05, 3.63) is 52.7 Å². The van der Waals surface area contributed by atoms with Crippen LogP contribution in [0.15, 0.2) is 34.9 Å². The van der Waals surface area contributed by atoms with E-state index in [1.807, 2.05) is 24.3 Å². The van der Waals surface area contributed by atoms with Crippen molar-refractivity contribution >= 4 is 17.5 Å². The fourth-order valence-corrected chi connectivity index (χ4v) is 3.30. The number of rotatable bonds is 8. The topological polar surface area (TPSA) is 64.8 Å². The molecule has 2 heterocycles. The Morgan fingerprint density at radius 1 is 1.38 bits per heavy atom. The summed E-state index contributed by atoms with van der Waals surface area (Å²) >= 11 is 6.21. The van der Waals surface area contributed by atoms with Gasteiger partial charge >= 0.3 is 0 Å². The predicted octanol–water partition coefficient (Wildman–Crippen LogP) is 3.25. The zero-order valence-electron chi connectivity index (χ0n) is 14.8. The fourth-order valence-electron chi connectivity index (χ4n) is 3.09. The van der Waals surface area contributed by atoms with Crippen molar-refractivity contribution in [3.8, 4) is 0 Å². The molecule has 2 aromatic rings. The van der Waals surface area contributed by atoms with E-state index in [0.29, 0.717) is 37.1 Å². The number of ether oxygens (including phenoxy) is 2. The highest BCUT2D eigenvalue weighted by Crippen LogP contribution is 2.32. The minimum atomic E-state index is -0.131. The molecule has 1 aliphatic rings. The zero-order chi connectivity index (χ0) is 18.4. The van der Waals surface area contributed by atoms with E-state index in [-0.39, 0.29) is 18.6 Å². The Kier molecular flexibility index (Phi) is 6.66. The number of hydrogen-bond donors (Lipinski definition) is 0. The summed E-state index contributed by atoms with van der Waals surface area (Å²) in [5.74, 6) is 1.27. The third-order valence-corrected chi connectivity index (χ3v) is 4.78. The molecule has 1 aromatic carbocycles. The highest BCUT2D eigenvalue weighted by Gasteiger charge is 2.33. The Labute approximate surface area is 158 Å². The maximum Gasteiger partial charge on any atom is 0.249 e. The van der Waals surface area contributed by atoms with Gasteiger partial charge in [-0.1, -0.05) is 29.8 Å². The summed E-state index contributed by atoms with van der Waals surface area (Å²) in [5, 5.41) is 0.705. The molecule has 1 amide bonds. The van der Waals surface area contributed by atoms with Crippen molar-refractivity contribution in [3.63, 3.8) is 0 Å². The number of oxazole rings is 1. The molecule has 0 radical (unpaired) electrons. The molecular weight excluding hydrogens is 356 g/mol. The van der Waals surface area contributed by atoms with Crippen molar-refractivity contribution in [2.24, 2.45) is 0 Å². The van der Waals surface area contributed by atoms with Crippen LogP contribution in [0, 0.1) is 0 Å². The molecule has 0 N–H and O–H groups in total. The maximum absolute atomic E-state index is 12.4. The van der Waals surface area contributed by atoms with Gasteiger partial charge in [-0.05, 0) is 24.5 Å². The lowest BCUT2D eigenvalue weighted by Gasteiger charge is -2.22. The molecule has 1 aliphatic heterocycles. The molecular formula is C19H23ClN2O4. The molecule has 7 heteroatoms. The van der Waals surface area contributed by atoms with Gasteiger partial charge in [-0.2, -0.15) is 0 Å². The fraction of sp³-hybridized carbons (Fsp3) is 0.474. The Morgan fingerprint density at radius 3 is 3.04 bits per heavy atom. The first-order valence-electron chi connectivity index (χ1n) is 8.73. The molecule has 0 unspecified atom stereocenters. The van der Waals surface area contributed by atoms with Crippen LogP contribution in [0.4, 0.5) is 0 Å². The first-order valence-corrected chi connectivity index (χ1v) is 9.11. The zero-order valence-corrected chi connectivity index (χ0v) is 15.6. The summed E-state index contributed by atoms with van der Waals surface area (Å²) < 4.78 is 16.2. The summed E-state index contributed by atoms with van der Waals surface area (Å²) in [5.41, 5.74) is 0.989. The number of amides is 1. The van der Waals surface area contributed by atoms with Crippen molar-refractivity contribution in [2.45, 2.75) is 25.3 Å². The van der Waals surface area contributed by atoms with Gasteiger partial charge in [0.05, 0.1) is 19.4 Å². The van der Waals surface area contributed by atoms with Crippen molar-refractivity contribution < 1.29 is 18.7 Å². The molecule has 0 aliphatic carbocycles. The van der Waals surface area contributed by atoms with Crippen LogP contribution in [0.3, 0.4) is 0 Å². The van der Waals surface area contributed by atoms with E-state index >= 15 is 0 Å². The molecule has 0 bridgehead atoms. The summed E-state index contributed by atoms with van der Waals surface area (Å²) in [6, 6.07) is 7.53. The van der Waals surface area contributed by atoms with Gasteiger partial charge in [0.2, 0.25) is 11.8 Å². The maximum atomic E-state index is 12.4. The number of carbonyl (C=O) groups is 1. The summed E-state index contributed by atoms with van der Waals surface area (Å²) in [4.78, 5) is 18.6. The van der Waals surface area contributed by atoms with Crippen LogP contribution in [0.1, 0.15) is 36.1 Å². The normalized spacial score (nSPS) is 17.0. The van der Waals surface area contributed by atoms with E-state index in [1.165, 1.54) is 0 Å². The van der Waals surface area contributed by atoms with Crippen LogP contribution in [-0.2, 0) is 20.7 Å². The van der Waals surface area contributed by atoms with Crippen LogP contribution < -0.4 is 0 Å². The predicted molar refractivity (Wildman–Crippen MR) is 97.1 cm³/mol. The second-order valence-corrected chi connectivity index (χ2v) is 6.63. The Balaban J connectivity index is 1.62. The molecule has 1 atom stereocenters. The average Bonchev–Trinajstić information content (AvgIpc) is 3.29. The van der Waals surface area contributed by atoms with Crippen LogP contribution >= 0.6 is 11.6 Å². The number of hydrogen-bond acceptors (Lipinski definition) is 5. The minimum Gasteiger partial charge on any atom is -0.443 e. The van der Waals surface area contributed by atoms with Gasteiger partial charge in [0.1, 0.15) is 18.4 Å². The van der Waals surface area contributed by atoms with E-state index in [9.17, 15) is 4.79 Å². The second-order valence-electron chi connectivity index (χ2n) is 6.22. The molecule has 3 rings (SSSR count). The molecule has 26 heavy (non-hydrogen) atoms. The van der Waals surface area contributed by atoms with Crippen LogP contribution in [0.2, 0.25) is 5.02 Å². The van der Waals surface area contributed by atoms with E-state index in [4.69, 9.17) is 25.5 Å². The minimum absolute atomic E-state index is 0.0468. The molecule has 6 nitrogen and oxygen atoms in total. The third kappa shape index (κ3) is 4.63. The standard InChI is InChI=1S/C19H23ClN2O4/c1-24-9-10-25-13-18(23)22-8-4-7-17(22)19-21-12-15(26-19)11-14-5-2-3-6-16(14)20/h2-3,5-6,12,17H,4,7-11,13H2,1H3/t17-/m1/s1. The molecule has 1 fully saturated rings. The lowest BCUT2D eigenvalue weighted by molar-refractivity contribution is -0.137. The lowest BCUT2D eigenvalue weighted by Crippen LogP contribution is -2.34. The SMILES string of the molecule is COCCOCC(=O)N1CCC[C@@H]1c1ncc(Cc2ccccc2Cl)o1. The second kappa shape index (κ2) is 9.16. The van der Waals surface area contributed by atoms with Gasteiger partial charge in [-0.15, -0.1) is 0 Å². The Morgan fingerprint density at radius 2 is 2.23 bits per heavy atom. The first-order chi connectivity index (χ1) is 12.7. The van der Waals surface area contributed by atoms with Crippen LogP contribution in [0.25, 0.3) is 0 Å². The van der Waals surface area contributed by atoms with Gasteiger partial charge < -0.3 is 18.8 Å². The number of benzene rings is 1. The number of carbonyl (C=O) groups excluding carboxylic acids is 1. The van der Waals surface area contributed by atoms with E-state index in [0.717, 1.165) is 24.2 Å². The average molecular weight is 379 g/mol. The number of likely N-dealkylation sites (tertiary alicyclic amines) is 1. The smallest absolute Gasteiger partial charge is 0.249 e. The lowest BCUT2D eigenvalue weighted by atomic mass is 10.1. The number of aromatic nitrogens is 1. The highest BCUT2D eigenvalue weighted by molar-refractivity contribution is 6.31. The van der Waals surface area contributed by atoms with Crippen molar-refractivity contribution in [1.82, 2.24) is 9.88 Å². The van der Waals surface area contributed by atoms with E-state index in [2.05, 4.69) is 4.98 Å². The monoisotopic (exact) mass is 378 g/mol. The van der Waals surface area contributed by atoms with Crippen molar-refractivity contribution in [1.29, 1.82) is 0 Å². The number of nitrogens with zero attached hydrogens (tertiary/aromatic N) is 2.